The molecule has 0 fully saturated rings. The van der Waals surface area contributed by atoms with Gasteiger partial charge < -0.3 is 4.90 Å². The molecule has 0 aliphatic rings. The molecule has 19 heavy (non-hydrogen) atoms. The summed E-state index contributed by atoms with van der Waals surface area (Å²) in [5.74, 6) is -0.907. The van der Waals surface area contributed by atoms with Crippen LogP contribution in [0.15, 0.2) is 24.5 Å². The molecule has 0 radical (unpaired) electrons. The zero-order valence-corrected chi connectivity index (χ0v) is 10.6. The first kappa shape index (κ1) is 13.7. The Morgan fingerprint density at radius 2 is 2.11 bits per heavy atom. The second kappa shape index (κ2) is 5.12. The summed E-state index contributed by atoms with van der Waals surface area (Å²) in [5.41, 5.74) is 0.568. The standard InChI is InChI=1S/C11H9F4N3S/c1-18(6-11(13,14)15)10-8(12)17-9(19-10)7-3-2-4-16-5-7/h2-5H,6H2,1H3. The van der Waals surface area contributed by atoms with Gasteiger partial charge in [-0.2, -0.15) is 17.6 Å². The third-order valence-electron chi connectivity index (χ3n) is 2.24. The number of rotatable bonds is 3. The number of anilines is 1. The quantitative estimate of drug-likeness (QED) is 0.812. The van der Waals surface area contributed by atoms with Crippen LogP contribution in [0, 0.1) is 5.95 Å². The van der Waals surface area contributed by atoms with Crippen LogP contribution in [0.4, 0.5) is 22.6 Å². The van der Waals surface area contributed by atoms with E-state index in [0.29, 0.717) is 10.6 Å². The van der Waals surface area contributed by atoms with E-state index in [2.05, 4.69) is 9.97 Å². The molecule has 2 heterocycles. The Balaban J connectivity index is 2.27. The van der Waals surface area contributed by atoms with Gasteiger partial charge in [0.2, 0.25) is 5.95 Å². The van der Waals surface area contributed by atoms with Crippen LogP contribution in [0.1, 0.15) is 0 Å². The molecule has 0 saturated heterocycles. The van der Waals surface area contributed by atoms with E-state index >= 15 is 0 Å². The topological polar surface area (TPSA) is 29.0 Å². The highest BCUT2D eigenvalue weighted by Crippen LogP contribution is 2.34. The fourth-order valence-corrected chi connectivity index (χ4v) is 2.38. The van der Waals surface area contributed by atoms with E-state index in [0.717, 1.165) is 16.2 Å². The monoisotopic (exact) mass is 291 g/mol. The Morgan fingerprint density at radius 3 is 2.68 bits per heavy atom. The van der Waals surface area contributed by atoms with Gasteiger partial charge in [0.1, 0.15) is 16.6 Å². The highest BCUT2D eigenvalue weighted by atomic mass is 32.1. The summed E-state index contributed by atoms with van der Waals surface area (Å²) in [6, 6.07) is 3.31. The van der Waals surface area contributed by atoms with Crippen molar-refractivity contribution >= 4 is 16.3 Å². The number of alkyl halides is 3. The van der Waals surface area contributed by atoms with Crippen LogP contribution in [-0.4, -0.2) is 29.7 Å². The van der Waals surface area contributed by atoms with E-state index in [1.54, 1.807) is 18.3 Å². The van der Waals surface area contributed by atoms with Gasteiger partial charge in [0, 0.05) is 25.0 Å². The minimum absolute atomic E-state index is 0.142. The Kier molecular flexibility index (Phi) is 3.70. The van der Waals surface area contributed by atoms with Crippen molar-refractivity contribution in [2.24, 2.45) is 0 Å². The Bertz CT molecular complexity index is 553. The van der Waals surface area contributed by atoms with Gasteiger partial charge in [-0.1, -0.05) is 11.3 Å². The van der Waals surface area contributed by atoms with Crippen molar-refractivity contribution in [3.8, 4) is 10.6 Å². The van der Waals surface area contributed by atoms with Crippen molar-refractivity contribution in [3.05, 3.63) is 30.5 Å². The Morgan fingerprint density at radius 1 is 1.37 bits per heavy atom. The molecule has 0 amide bonds. The maximum absolute atomic E-state index is 13.6. The first-order chi connectivity index (χ1) is 8.87. The van der Waals surface area contributed by atoms with Gasteiger partial charge in [-0.3, -0.25) is 4.98 Å². The van der Waals surface area contributed by atoms with Crippen molar-refractivity contribution in [1.29, 1.82) is 0 Å². The second-order valence-electron chi connectivity index (χ2n) is 3.83. The van der Waals surface area contributed by atoms with Crippen molar-refractivity contribution in [2.45, 2.75) is 6.18 Å². The van der Waals surface area contributed by atoms with E-state index in [1.807, 2.05) is 0 Å². The molecular weight excluding hydrogens is 282 g/mol. The maximum atomic E-state index is 13.6. The third kappa shape index (κ3) is 3.40. The molecule has 0 saturated carbocycles. The van der Waals surface area contributed by atoms with E-state index in [4.69, 9.17) is 0 Å². The second-order valence-corrected chi connectivity index (χ2v) is 4.81. The van der Waals surface area contributed by atoms with Crippen LogP contribution in [0.2, 0.25) is 0 Å². The molecule has 0 aromatic carbocycles. The predicted molar refractivity (Wildman–Crippen MR) is 64.6 cm³/mol. The number of aromatic nitrogens is 2. The van der Waals surface area contributed by atoms with Crippen LogP contribution in [0.25, 0.3) is 10.6 Å². The summed E-state index contributed by atoms with van der Waals surface area (Å²) < 4.78 is 50.4. The lowest BCUT2D eigenvalue weighted by molar-refractivity contribution is -0.119. The minimum atomic E-state index is -4.39. The average Bonchev–Trinajstić information content (AvgIpc) is 2.70. The largest absolute Gasteiger partial charge is 0.405 e. The number of hydrogen-bond donors (Lipinski definition) is 0. The molecule has 2 rings (SSSR count). The van der Waals surface area contributed by atoms with Gasteiger partial charge in [-0.05, 0) is 12.1 Å². The lowest BCUT2D eigenvalue weighted by Gasteiger charge is -2.18. The van der Waals surface area contributed by atoms with Crippen molar-refractivity contribution in [1.82, 2.24) is 9.97 Å². The average molecular weight is 291 g/mol. The van der Waals surface area contributed by atoms with Crippen LogP contribution in [0.5, 0.6) is 0 Å². The molecule has 0 spiro atoms. The molecule has 0 atom stereocenters. The first-order valence-corrected chi connectivity index (χ1v) is 6.03. The van der Waals surface area contributed by atoms with Gasteiger partial charge in [0.05, 0.1) is 0 Å². The Hall–Kier alpha value is -1.70. The molecule has 2 aromatic heterocycles. The molecule has 8 heteroatoms. The van der Waals surface area contributed by atoms with E-state index < -0.39 is 18.7 Å². The van der Waals surface area contributed by atoms with Gasteiger partial charge in [0.25, 0.3) is 0 Å². The minimum Gasteiger partial charge on any atom is -0.354 e. The SMILES string of the molecule is CN(CC(F)(F)F)c1sc(-c2cccnc2)nc1F. The molecule has 0 unspecified atom stereocenters. The Labute approximate surface area is 110 Å². The maximum Gasteiger partial charge on any atom is 0.405 e. The van der Waals surface area contributed by atoms with Crippen LogP contribution < -0.4 is 4.90 Å². The molecule has 3 nitrogen and oxygen atoms in total. The molecule has 2 aromatic rings. The highest BCUT2D eigenvalue weighted by Gasteiger charge is 2.31. The summed E-state index contributed by atoms with van der Waals surface area (Å²) in [5, 5.41) is 0.158. The molecule has 0 aliphatic carbocycles. The summed E-state index contributed by atoms with van der Waals surface area (Å²) >= 11 is 0.861. The number of halogens is 4. The fraction of sp³-hybridized carbons (Fsp3) is 0.273. The predicted octanol–water partition coefficient (Wildman–Crippen LogP) is 3.34. The smallest absolute Gasteiger partial charge is 0.354 e. The highest BCUT2D eigenvalue weighted by molar-refractivity contribution is 7.19. The van der Waals surface area contributed by atoms with Gasteiger partial charge in [-0.25, -0.2) is 4.98 Å². The molecule has 0 aliphatic heterocycles. The van der Waals surface area contributed by atoms with E-state index in [9.17, 15) is 17.6 Å². The number of thiazole rings is 1. The molecular formula is C11H9F4N3S. The van der Waals surface area contributed by atoms with E-state index in [1.165, 1.54) is 13.2 Å². The molecule has 0 N–H and O–H groups in total. The summed E-state index contributed by atoms with van der Waals surface area (Å²) in [6.07, 6.45) is -1.37. The zero-order valence-electron chi connectivity index (χ0n) is 9.78. The van der Waals surface area contributed by atoms with Crippen LogP contribution in [-0.2, 0) is 0 Å². The number of hydrogen-bond acceptors (Lipinski definition) is 4. The van der Waals surface area contributed by atoms with Crippen LogP contribution >= 0.6 is 11.3 Å². The van der Waals surface area contributed by atoms with Gasteiger partial charge >= 0.3 is 6.18 Å². The molecule has 102 valence electrons. The third-order valence-corrected chi connectivity index (χ3v) is 3.43. The zero-order chi connectivity index (χ0) is 14.0. The lowest BCUT2D eigenvalue weighted by atomic mass is 10.3. The van der Waals surface area contributed by atoms with Crippen molar-refractivity contribution in [2.75, 3.05) is 18.5 Å². The summed E-state index contributed by atoms with van der Waals surface area (Å²) in [6.45, 7) is -1.22. The van der Waals surface area contributed by atoms with Crippen LogP contribution in [0.3, 0.4) is 0 Å². The van der Waals surface area contributed by atoms with Crippen molar-refractivity contribution in [3.63, 3.8) is 0 Å². The first-order valence-electron chi connectivity index (χ1n) is 5.21. The van der Waals surface area contributed by atoms with E-state index in [-0.39, 0.29) is 5.00 Å². The van der Waals surface area contributed by atoms with Gasteiger partial charge in [0.15, 0.2) is 0 Å². The fourth-order valence-electron chi connectivity index (χ4n) is 1.48. The van der Waals surface area contributed by atoms with Gasteiger partial charge in [-0.15, -0.1) is 0 Å². The number of nitrogens with zero attached hydrogens (tertiary/aromatic N) is 3. The summed E-state index contributed by atoms with van der Waals surface area (Å²) in [4.78, 5) is 8.29. The number of pyridine rings is 1. The summed E-state index contributed by atoms with van der Waals surface area (Å²) in [7, 11) is 1.18. The normalized spacial score (nSPS) is 11.6. The lowest BCUT2D eigenvalue weighted by Crippen LogP contribution is -2.30. The molecule has 0 bridgehead atoms. The van der Waals surface area contributed by atoms with Crippen molar-refractivity contribution < 1.29 is 17.6 Å².